The lowest BCUT2D eigenvalue weighted by Crippen LogP contribution is -2.49. The van der Waals surface area contributed by atoms with E-state index in [-0.39, 0.29) is 0 Å². The van der Waals surface area contributed by atoms with Crippen LogP contribution in [0.4, 0.5) is 17.5 Å². The highest BCUT2D eigenvalue weighted by molar-refractivity contribution is 5.87. The molecule has 6 rings (SSSR count). The first kappa shape index (κ1) is 22.1. The number of fused-ring (bicyclic) bond motifs is 2. The van der Waals surface area contributed by atoms with Gasteiger partial charge in [0.15, 0.2) is 5.82 Å². The molecule has 36 heavy (non-hydrogen) atoms. The standard InChI is InChI=1S/C25H26N10O/c1-15-10-17(4-7-22(15)36-18-5-6-21-19(11-18)32-33-34(21)3)30-24-23-20(28-14-29-24)12-27-25(31-23)35-9-8-26-16(2)13-35/h4-7,10-12,14,16,26H,8-9,13H2,1-3H3,(H,28,29,30). The van der Waals surface area contributed by atoms with Crippen molar-refractivity contribution in [3.63, 3.8) is 0 Å². The van der Waals surface area contributed by atoms with Gasteiger partial charge in [-0.15, -0.1) is 5.10 Å². The van der Waals surface area contributed by atoms with Crippen molar-refractivity contribution >= 4 is 39.5 Å². The number of nitrogens with one attached hydrogen (secondary N) is 2. The number of anilines is 3. The van der Waals surface area contributed by atoms with Gasteiger partial charge in [0.25, 0.3) is 0 Å². The molecule has 0 amide bonds. The number of hydrogen-bond donors (Lipinski definition) is 2. The third kappa shape index (κ3) is 4.24. The molecule has 11 nitrogen and oxygen atoms in total. The molecule has 0 saturated carbocycles. The van der Waals surface area contributed by atoms with Gasteiger partial charge in [-0.25, -0.2) is 24.6 Å². The molecule has 2 N–H and O–H groups in total. The fraction of sp³-hybridized carbons (Fsp3) is 0.280. The maximum atomic E-state index is 6.13. The Balaban J connectivity index is 1.25. The lowest BCUT2D eigenvalue weighted by molar-refractivity contribution is 0.479. The van der Waals surface area contributed by atoms with Crippen LogP contribution in [0.1, 0.15) is 12.5 Å². The highest BCUT2D eigenvalue weighted by Gasteiger charge is 2.19. The predicted octanol–water partition coefficient (Wildman–Crippen LogP) is 3.34. The van der Waals surface area contributed by atoms with E-state index >= 15 is 0 Å². The largest absolute Gasteiger partial charge is 0.457 e. The summed E-state index contributed by atoms with van der Waals surface area (Å²) in [5.41, 5.74) is 4.97. The van der Waals surface area contributed by atoms with Crippen molar-refractivity contribution in [2.24, 2.45) is 7.05 Å². The van der Waals surface area contributed by atoms with Crippen LogP contribution in [0.15, 0.2) is 48.9 Å². The molecule has 0 aliphatic carbocycles. The van der Waals surface area contributed by atoms with E-state index in [1.165, 1.54) is 6.33 Å². The molecule has 0 bridgehead atoms. The predicted molar refractivity (Wildman–Crippen MR) is 138 cm³/mol. The number of rotatable bonds is 5. The van der Waals surface area contributed by atoms with Crippen LogP contribution in [0, 0.1) is 6.92 Å². The lowest BCUT2D eigenvalue weighted by Gasteiger charge is -2.31. The Morgan fingerprint density at radius 1 is 1.08 bits per heavy atom. The number of nitrogens with zero attached hydrogens (tertiary/aromatic N) is 8. The summed E-state index contributed by atoms with van der Waals surface area (Å²) in [6.07, 6.45) is 3.28. The second-order valence-corrected chi connectivity index (χ2v) is 9.00. The Morgan fingerprint density at radius 2 is 2.00 bits per heavy atom. The first-order valence-electron chi connectivity index (χ1n) is 11.8. The van der Waals surface area contributed by atoms with Crippen molar-refractivity contribution in [2.45, 2.75) is 19.9 Å². The minimum atomic E-state index is 0.383. The molecule has 0 radical (unpaired) electrons. The Kier molecular flexibility index (Phi) is 5.53. The summed E-state index contributed by atoms with van der Waals surface area (Å²) >= 11 is 0. The van der Waals surface area contributed by atoms with Crippen LogP contribution in [0.3, 0.4) is 0 Å². The van der Waals surface area contributed by atoms with Gasteiger partial charge in [-0.3, -0.25) is 0 Å². The van der Waals surface area contributed by atoms with Gasteiger partial charge in [0.2, 0.25) is 5.95 Å². The summed E-state index contributed by atoms with van der Waals surface area (Å²) in [6.45, 7) is 6.78. The number of aryl methyl sites for hydroxylation is 2. The monoisotopic (exact) mass is 482 g/mol. The molecule has 2 aromatic carbocycles. The highest BCUT2D eigenvalue weighted by atomic mass is 16.5. The third-order valence-electron chi connectivity index (χ3n) is 6.26. The van der Waals surface area contributed by atoms with Crippen LogP contribution >= 0.6 is 0 Å². The molecule has 1 aliphatic heterocycles. The molecule has 11 heteroatoms. The van der Waals surface area contributed by atoms with Crippen molar-refractivity contribution in [3.05, 3.63) is 54.5 Å². The van der Waals surface area contributed by atoms with Crippen LogP contribution in [0.2, 0.25) is 0 Å². The van der Waals surface area contributed by atoms with Crippen molar-refractivity contribution in [1.29, 1.82) is 0 Å². The van der Waals surface area contributed by atoms with E-state index < -0.39 is 0 Å². The van der Waals surface area contributed by atoms with Crippen LogP contribution in [0.5, 0.6) is 11.5 Å². The molecule has 1 aliphatic rings. The summed E-state index contributed by atoms with van der Waals surface area (Å²) in [6, 6.07) is 12.0. The maximum Gasteiger partial charge on any atom is 0.226 e. The molecule has 4 heterocycles. The molecule has 3 aromatic heterocycles. The molecular weight excluding hydrogens is 456 g/mol. The average molecular weight is 483 g/mol. The number of ether oxygens (including phenoxy) is 1. The van der Waals surface area contributed by atoms with E-state index in [4.69, 9.17) is 9.72 Å². The van der Waals surface area contributed by atoms with Gasteiger partial charge in [-0.1, -0.05) is 5.21 Å². The Morgan fingerprint density at radius 3 is 2.86 bits per heavy atom. The first-order valence-corrected chi connectivity index (χ1v) is 11.8. The summed E-state index contributed by atoms with van der Waals surface area (Å²) in [7, 11) is 1.87. The van der Waals surface area contributed by atoms with Gasteiger partial charge >= 0.3 is 0 Å². The Labute approximate surface area is 207 Å². The lowest BCUT2D eigenvalue weighted by atomic mass is 10.2. The van der Waals surface area contributed by atoms with E-state index in [9.17, 15) is 0 Å². The minimum absolute atomic E-state index is 0.383. The zero-order valence-electron chi connectivity index (χ0n) is 20.3. The van der Waals surface area contributed by atoms with Crippen molar-refractivity contribution in [3.8, 4) is 11.5 Å². The number of piperazine rings is 1. The second-order valence-electron chi connectivity index (χ2n) is 9.00. The van der Waals surface area contributed by atoms with Gasteiger partial charge in [0, 0.05) is 44.5 Å². The molecule has 0 spiro atoms. The van der Waals surface area contributed by atoms with Crippen molar-refractivity contribution < 1.29 is 4.74 Å². The number of benzene rings is 2. The maximum absolute atomic E-state index is 6.13. The zero-order chi connectivity index (χ0) is 24.6. The van der Waals surface area contributed by atoms with Crippen LogP contribution < -0.4 is 20.3 Å². The molecule has 1 fully saturated rings. The van der Waals surface area contributed by atoms with E-state index in [2.05, 4.69) is 47.7 Å². The normalized spacial score (nSPS) is 16.0. The van der Waals surface area contributed by atoms with E-state index in [1.54, 1.807) is 10.9 Å². The molecule has 1 unspecified atom stereocenters. The zero-order valence-corrected chi connectivity index (χ0v) is 20.3. The van der Waals surface area contributed by atoms with Crippen molar-refractivity contribution in [1.82, 2.24) is 40.2 Å². The van der Waals surface area contributed by atoms with E-state index in [1.807, 2.05) is 50.4 Å². The molecular formula is C25H26N10O. The van der Waals surface area contributed by atoms with E-state index in [0.717, 1.165) is 47.7 Å². The van der Waals surface area contributed by atoms with Gasteiger partial charge in [-0.05, 0) is 49.7 Å². The Hall–Kier alpha value is -4.38. The number of hydrogen-bond acceptors (Lipinski definition) is 10. The molecule has 5 aromatic rings. The fourth-order valence-corrected chi connectivity index (χ4v) is 4.39. The molecule has 1 saturated heterocycles. The SMILES string of the molecule is Cc1cc(Nc2ncnc3cnc(N4CCNC(C)C4)nc23)ccc1Oc1ccc2c(c1)nnn2C. The summed E-state index contributed by atoms with van der Waals surface area (Å²) in [5, 5.41) is 15.1. The molecule has 182 valence electrons. The summed E-state index contributed by atoms with van der Waals surface area (Å²) in [5.74, 6) is 2.79. The van der Waals surface area contributed by atoms with Crippen molar-refractivity contribution in [2.75, 3.05) is 29.9 Å². The topological polar surface area (TPSA) is 119 Å². The first-order chi connectivity index (χ1) is 17.5. The summed E-state index contributed by atoms with van der Waals surface area (Å²) < 4.78 is 7.87. The van der Waals surface area contributed by atoms with Gasteiger partial charge in [0.05, 0.1) is 11.7 Å². The number of aromatic nitrogens is 7. The van der Waals surface area contributed by atoms with Crippen LogP contribution in [-0.2, 0) is 7.05 Å². The average Bonchev–Trinajstić information content (AvgIpc) is 3.25. The second kappa shape index (κ2) is 9.00. The summed E-state index contributed by atoms with van der Waals surface area (Å²) in [4.78, 5) is 20.4. The molecule has 1 atom stereocenters. The van der Waals surface area contributed by atoms with Gasteiger partial charge in [0.1, 0.15) is 34.4 Å². The fourth-order valence-electron chi connectivity index (χ4n) is 4.39. The van der Waals surface area contributed by atoms with Gasteiger partial charge < -0.3 is 20.3 Å². The smallest absolute Gasteiger partial charge is 0.226 e. The third-order valence-corrected chi connectivity index (χ3v) is 6.26. The van der Waals surface area contributed by atoms with Gasteiger partial charge in [-0.2, -0.15) is 0 Å². The highest BCUT2D eigenvalue weighted by Crippen LogP contribution is 2.30. The van der Waals surface area contributed by atoms with E-state index in [0.29, 0.717) is 34.6 Å². The Bertz CT molecular complexity index is 1570. The quantitative estimate of drug-likeness (QED) is 0.386. The van der Waals surface area contributed by atoms with Crippen LogP contribution in [0.25, 0.3) is 22.1 Å². The van der Waals surface area contributed by atoms with Crippen LogP contribution in [-0.4, -0.2) is 60.6 Å². The minimum Gasteiger partial charge on any atom is -0.457 e.